The molecule has 82 valence electrons. The number of carbonyl (C=O) groups excluding carboxylic acids is 1. The highest BCUT2D eigenvalue weighted by Gasteiger charge is 2.36. The molecule has 1 saturated heterocycles. The molecular weight excluding hydrogens is 196 g/mol. The van der Waals surface area contributed by atoms with Crippen molar-refractivity contribution in [2.45, 2.75) is 25.3 Å². The second kappa shape index (κ2) is 3.58. The van der Waals surface area contributed by atoms with Gasteiger partial charge in [-0.05, 0) is 31.5 Å². The molecule has 0 aliphatic carbocycles. The standard InChI is InChI=1S/C8H14N6O/c1-8(4-3-5-9-8)6(15)10-7-11-13-14(2)12-7/h9H,3-5H2,1-2H3,(H,10,12,15). The van der Waals surface area contributed by atoms with Gasteiger partial charge in [0.2, 0.25) is 5.91 Å². The summed E-state index contributed by atoms with van der Waals surface area (Å²) < 4.78 is 0. The summed E-state index contributed by atoms with van der Waals surface area (Å²) in [4.78, 5) is 13.2. The molecule has 1 amide bonds. The number of rotatable bonds is 2. The highest BCUT2D eigenvalue weighted by molar-refractivity contribution is 5.96. The van der Waals surface area contributed by atoms with Gasteiger partial charge in [-0.15, -0.1) is 5.10 Å². The van der Waals surface area contributed by atoms with Gasteiger partial charge in [0.05, 0.1) is 12.6 Å². The monoisotopic (exact) mass is 210 g/mol. The Morgan fingerprint density at radius 3 is 3.00 bits per heavy atom. The Bertz CT molecular complexity index is 367. The van der Waals surface area contributed by atoms with E-state index < -0.39 is 5.54 Å². The smallest absolute Gasteiger partial charge is 0.270 e. The van der Waals surface area contributed by atoms with E-state index in [4.69, 9.17) is 0 Å². The van der Waals surface area contributed by atoms with Crippen molar-refractivity contribution in [3.05, 3.63) is 0 Å². The van der Waals surface area contributed by atoms with E-state index in [0.29, 0.717) is 0 Å². The van der Waals surface area contributed by atoms with Crippen LogP contribution in [0.15, 0.2) is 0 Å². The highest BCUT2D eigenvalue weighted by Crippen LogP contribution is 2.19. The first kappa shape index (κ1) is 10.0. The molecule has 15 heavy (non-hydrogen) atoms. The van der Waals surface area contributed by atoms with Crippen molar-refractivity contribution in [1.82, 2.24) is 25.5 Å². The molecule has 0 aromatic carbocycles. The third-order valence-electron chi connectivity index (χ3n) is 2.60. The van der Waals surface area contributed by atoms with Crippen LogP contribution in [-0.4, -0.2) is 38.2 Å². The van der Waals surface area contributed by atoms with Crippen molar-refractivity contribution in [2.75, 3.05) is 11.9 Å². The largest absolute Gasteiger partial charge is 0.304 e. The van der Waals surface area contributed by atoms with Crippen LogP contribution in [0.2, 0.25) is 0 Å². The van der Waals surface area contributed by atoms with Crippen LogP contribution in [0.3, 0.4) is 0 Å². The number of carbonyl (C=O) groups is 1. The molecule has 1 atom stereocenters. The highest BCUT2D eigenvalue weighted by atomic mass is 16.2. The molecule has 0 radical (unpaired) electrons. The molecule has 1 aliphatic rings. The van der Waals surface area contributed by atoms with Crippen molar-refractivity contribution in [3.8, 4) is 0 Å². The Kier molecular flexibility index (Phi) is 2.39. The maximum atomic E-state index is 11.9. The topological polar surface area (TPSA) is 84.7 Å². The summed E-state index contributed by atoms with van der Waals surface area (Å²) in [6.07, 6.45) is 1.84. The Hall–Kier alpha value is -1.50. The molecule has 0 spiro atoms. The van der Waals surface area contributed by atoms with E-state index in [2.05, 4.69) is 26.0 Å². The lowest BCUT2D eigenvalue weighted by atomic mass is 10.00. The number of amides is 1. The average Bonchev–Trinajstić information content (AvgIpc) is 2.76. The fourth-order valence-electron chi connectivity index (χ4n) is 1.66. The Balaban J connectivity index is 2.03. The summed E-state index contributed by atoms with van der Waals surface area (Å²) in [5, 5.41) is 17.0. The zero-order valence-electron chi connectivity index (χ0n) is 8.82. The number of tetrazole rings is 1. The molecule has 1 aromatic heterocycles. The predicted molar refractivity (Wildman–Crippen MR) is 53.1 cm³/mol. The summed E-state index contributed by atoms with van der Waals surface area (Å²) in [5.41, 5.74) is -0.501. The van der Waals surface area contributed by atoms with E-state index in [1.54, 1.807) is 7.05 Å². The van der Waals surface area contributed by atoms with Crippen molar-refractivity contribution >= 4 is 11.9 Å². The summed E-state index contributed by atoms with van der Waals surface area (Å²) in [6, 6.07) is 0. The number of hydrogen-bond acceptors (Lipinski definition) is 5. The number of anilines is 1. The number of nitrogens with zero attached hydrogens (tertiary/aromatic N) is 4. The number of nitrogens with one attached hydrogen (secondary N) is 2. The van der Waals surface area contributed by atoms with Crippen LogP contribution in [0, 0.1) is 0 Å². The molecule has 7 heteroatoms. The minimum absolute atomic E-state index is 0.104. The first-order valence-corrected chi connectivity index (χ1v) is 4.91. The van der Waals surface area contributed by atoms with Crippen molar-refractivity contribution in [3.63, 3.8) is 0 Å². The summed E-state index contributed by atoms with van der Waals surface area (Å²) in [5.74, 6) is 0.144. The normalized spacial score (nSPS) is 25.5. The molecule has 1 unspecified atom stereocenters. The fourth-order valence-corrected chi connectivity index (χ4v) is 1.66. The first-order valence-electron chi connectivity index (χ1n) is 4.91. The number of aromatic nitrogens is 4. The minimum Gasteiger partial charge on any atom is -0.304 e. The van der Waals surface area contributed by atoms with Crippen molar-refractivity contribution < 1.29 is 4.79 Å². The van der Waals surface area contributed by atoms with Crippen LogP contribution in [-0.2, 0) is 11.8 Å². The lowest BCUT2D eigenvalue weighted by Crippen LogP contribution is -2.48. The molecule has 2 N–H and O–H groups in total. The van der Waals surface area contributed by atoms with Crippen LogP contribution in [0.5, 0.6) is 0 Å². The van der Waals surface area contributed by atoms with Crippen LogP contribution >= 0.6 is 0 Å². The number of hydrogen-bond donors (Lipinski definition) is 2. The third-order valence-corrected chi connectivity index (χ3v) is 2.60. The van der Waals surface area contributed by atoms with Gasteiger partial charge in [-0.1, -0.05) is 5.10 Å². The van der Waals surface area contributed by atoms with Gasteiger partial charge in [-0.25, -0.2) is 0 Å². The Morgan fingerprint density at radius 1 is 1.67 bits per heavy atom. The van der Waals surface area contributed by atoms with Gasteiger partial charge < -0.3 is 5.32 Å². The molecule has 2 heterocycles. The van der Waals surface area contributed by atoms with E-state index in [1.807, 2.05) is 6.92 Å². The zero-order valence-corrected chi connectivity index (χ0v) is 8.82. The van der Waals surface area contributed by atoms with Crippen molar-refractivity contribution in [1.29, 1.82) is 0 Å². The SMILES string of the molecule is Cn1nnc(NC(=O)C2(C)CCCN2)n1. The van der Waals surface area contributed by atoms with E-state index >= 15 is 0 Å². The average molecular weight is 210 g/mol. The first-order chi connectivity index (χ1) is 7.10. The lowest BCUT2D eigenvalue weighted by Gasteiger charge is -2.21. The predicted octanol–water partition coefficient (Wildman–Crippen LogP) is -0.709. The van der Waals surface area contributed by atoms with Gasteiger partial charge in [0.15, 0.2) is 0 Å². The second-order valence-corrected chi connectivity index (χ2v) is 3.92. The molecule has 2 rings (SSSR count). The van der Waals surface area contributed by atoms with Crippen LogP contribution in [0.4, 0.5) is 5.95 Å². The van der Waals surface area contributed by atoms with E-state index in [0.717, 1.165) is 19.4 Å². The van der Waals surface area contributed by atoms with Crippen LogP contribution in [0.25, 0.3) is 0 Å². The summed E-state index contributed by atoms with van der Waals surface area (Å²) >= 11 is 0. The Morgan fingerprint density at radius 2 is 2.47 bits per heavy atom. The molecule has 0 saturated carbocycles. The summed E-state index contributed by atoms with van der Waals surface area (Å²) in [7, 11) is 1.65. The summed E-state index contributed by atoms with van der Waals surface area (Å²) in [6.45, 7) is 2.75. The lowest BCUT2D eigenvalue weighted by molar-refractivity contribution is -0.121. The van der Waals surface area contributed by atoms with E-state index in [9.17, 15) is 4.79 Å². The third kappa shape index (κ3) is 1.96. The van der Waals surface area contributed by atoms with Gasteiger partial charge in [0, 0.05) is 0 Å². The molecule has 1 fully saturated rings. The van der Waals surface area contributed by atoms with Gasteiger partial charge in [0.25, 0.3) is 5.95 Å². The molecule has 1 aliphatic heterocycles. The van der Waals surface area contributed by atoms with Crippen molar-refractivity contribution in [2.24, 2.45) is 7.05 Å². The van der Waals surface area contributed by atoms with E-state index in [1.165, 1.54) is 4.80 Å². The van der Waals surface area contributed by atoms with Crippen LogP contribution < -0.4 is 10.6 Å². The maximum Gasteiger partial charge on any atom is 0.270 e. The minimum atomic E-state index is -0.501. The van der Waals surface area contributed by atoms with Gasteiger partial charge in [-0.2, -0.15) is 4.80 Å². The number of aryl methyl sites for hydroxylation is 1. The maximum absolute atomic E-state index is 11.9. The molecule has 0 bridgehead atoms. The van der Waals surface area contributed by atoms with E-state index in [-0.39, 0.29) is 11.9 Å². The molecule has 1 aromatic rings. The second-order valence-electron chi connectivity index (χ2n) is 3.92. The zero-order chi connectivity index (χ0) is 10.9. The van der Waals surface area contributed by atoms with Crippen LogP contribution in [0.1, 0.15) is 19.8 Å². The van der Waals surface area contributed by atoms with Gasteiger partial charge in [0.1, 0.15) is 0 Å². The van der Waals surface area contributed by atoms with Gasteiger partial charge in [-0.3, -0.25) is 10.1 Å². The Labute approximate surface area is 87.2 Å². The quantitative estimate of drug-likeness (QED) is 0.673. The molecule has 7 nitrogen and oxygen atoms in total. The van der Waals surface area contributed by atoms with Gasteiger partial charge >= 0.3 is 0 Å². The fraction of sp³-hybridized carbons (Fsp3) is 0.750. The molecular formula is C8H14N6O.